The van der Waals surface area contributed by atoms with Gasteiger partial charge in [0.25, 0.3) is 0 Å². The van der Waals surface area contributed by atoms with Crippen LogP contribution in [0, 0.1) is 5.82 Å². The maximum Gasteiger partial charge on any atom is 0.158 e. The van der Waals surface area contributed by atoms with E-state index in [0.717, 1.165) is 0 Å². The van der Waals surface area contributed by atoms with E-state index in [2.05, 4.69) is 15.3 Å². The molecule has 0 unspecified atom stereocenters. The molecule has 0 aliphatic carbocycles. The van der Waals surface area contributed by atoms with Crippen LogP contribution >= 0.6 is 23.2 Å². The number of anilines is 2. The molecule has 0 bridgehead atoms. The Morgan fingerprint density at radius 3 is 2.80 bits per heavy atom. The number of ether oxygens (including phenoxy) is 1. The van der Waals surface area contributed by atoms with Crippen molar-refractivity contribution in [3.05, 3.63) is 46.1 Å². The number of rotatable bonds is 5. The predicted octanol–water partition coefficient (Wildman–Crippen LogP) is 4.20. The van der Waals surface area contributed by atoms with Gasteiger partial charge in [-0.05, 0) is 19.1 Å². The van der Waals surface area contributed by atoms with Crippen LogP contribution in [0.3, 0.4) is 0 Å². The number of nitrogens with zero attached hydrogens (tertiary/aromatic N) is 2. The lowest BCUT2D eigenvalue weighted by molar-refractivity contribution is 0.128. The minimum absolute atomic E-state index is 0.145. The number of halogens is 3. The predicted molar refractivity (Wildman–Crippen MR) is 77.1 cm³/mol. The van der Waals surface area contributed by atoms with Crippen LogP contribution in [-0.4, -0.2) is 16.6 Å². The smallest absolute Gasteiger partial charge is 0.158 e. The maximum absolute atomic E-state index is 13.7. The molecule has 20 heavy (non-hydrogen) atoms. The normalized spacial score (nSPS) is 10.6. The van der Waals surface area contributed by atoms with Crippen molar-refractivity contribution in [3.63, 3.8) is 0 Å². The molecule has 0 aliphatic rings. The summed E-state index contributed by atoms with van der Waals surface area (Å²) in [6.45, 7) is 2.64. The molecule has 2 rings (SSSR count). The fraction of sp³-hybridized carbons (Fsp3) is 0.231. The van der Waals surface area contributed by atoms with Gasteiger partial charge in [-0.15, -0.1) is 0 Å². The standard InChI is InChI=1S/C13H12Cl2FN3O/c1-2-20-7-12-17-10(15)6-11(18-12)19-13-8(14)4-3-5-9(13)16/h3-6H,2,7H2,1H3,(H,17,18,19). The zero-order valence-electron chi connectivity index (χ0n) is 10.7. The molecule has 4 nitrogen and oxygen atoms in total. The highest BCUT2D eigenvalue weighted by Crippen LogP contribution is 2.28. The Labute approximate surface area is 125 Å². The van der Waals surface area contributed by atoms with E-state index in [1.54, 1.807) is 6.07 Å². The Hall–Kier alpha value is -1.43. The second kappa shape index (κ2) is 6.83. The van der Waals surface area contributed by atoms with Gasteiger partial charge in [-0.3, -0.25) is 0 Å². The van der Waals surface area contributed by atoms with Gasteiger partial charge in [0.15, 0.2) is 5.82 Å². The van der Waals surface area contributed by atoms with Gasteiger partial charge >= 0.3 is 0 Å². The first kappa shape index (κ1) is 15.0. The van der Waals surface area contributed by atoms with E-state index in [1.807, 2.05) is 6.92 Å². The van der Waals surface area contributed by atoms with Crippen LogP contribution in [0.25, 0.3) is 0 Å². The number of aromatic nitrogens is 2. The van der Waals surface area contributed by atoms with Crippen molar-refractivity contribution in [2.45, 2.75) is 13.5 Å². The number of benzene rings is 1. The molecule has 0 fully saturated rings. The van der Waals surface area contributed by atoms with E-state index in [4.69, 9.17) is 27.9 Å². The van der Waals surface area contributed by atoms with E-state index >= 15 is 0 Å². The summed E-state index contributed by atoms with van der Waals surface area (Å²) in [4.78, 5) is 8.21. The molecule has 1 N–H and O–H groups in total. The van der Waals surface area contributed by atoms with Crippen molar-refractivity contribution in [3.8, 4) is 0 Å². The Morgan fingerprint density at radius 2 is 2.10 bits per heavy atom. The van der Waals surface area contributed by atoms with Gasteiger partial charge in [0, 0.05) is 12.7 Å². The first-order valence-corrected chi connectivity index (χ1v) is 6.68. The number of hydrogen-bond acceptors (Lipinski definition) is 4. The lowest BCUT2D eigenvalue weighted by atomic mass is 10.3. The van der Waals surface area contributed by atoms with E-state index in [1.165, 1.54) is 18.2 Å². The monoisotopic (exact) mass is 315 g/mol. The van der Waals surface area contributed by atoms with Crippen LogP contribution in [0.15, 0.2) is 24.3 Å². The highest BCUT2D eigenvalue weighted by molar-refractivity contribution is 6.33. The molecule has 0 radical (unpaired) electrons. The Bertz CT molecular complexity index is 590. The van der Waals surface area contributed by atoms with Crippen molar-refractivity contribution in [2.75, 3.05) is 11.9 Å². The minimum Gasteiger partial charge on any atom is -0.374 e. The molecular weight excluding hydrogens is 304 g/mol. The first-order chi connectivity index (χ1) is 9.60. The van der Waals surface area contributed by atoms with Crippen LogP contribution in [0.5, 0.6) is 0 Å². The third kappa shape index (κ3) is 3.79. The third-order valence-corrected chi connectivity index (χ3v) is 2.90. The maximum atomic E-state index is 13.7. The summed E-state index contributed by atoms with van der Waals surface area (Å²) in [7, 11) is 0. The third-order valence-electron chi connectivity index (χ3n) is 2.39. The van der Waals surface area contributed by atoms with Gasteiger partial charge in [-0.1, -0.05) is 29.3 Å². The second-order valence-corrected chi connectivity index (χ2v) is 4.65. The molecule has 0 saturated carbocycles. The molecule has 2 aromatic rings. The molecule has 0 amide bonds. The molecule has 0 atom stereocenters. The van der Waals surface area contributed by atoms with Gasteiger partial charge in [0.1, 0.15) is 23.4 Å². The quantitative estimate of drug-likeness (QED) is 0.840. The fourth-order valence-corrected chi connectivity index (χ4v) is 1.94. The van der Waals surface area contributed by atoms with Gasteiger partial charge in [0.2, 0.25) is 0 Å². The highest BCUT2D eigenvalue weighted by Gasteiger charge is 2.09. The molecule has 1 aromatic carbocycles. The zero-order chi connectivity index (χ0) is 14.5. The summed E-state index contributed by atoms with van der Waals surface area (Å²) in [6.07, 6.45) is 0. The van der Waals surface area contributed by atoms with E-state index < -0.39 is 5.82 Å². The Balaban J connectivity index is 2.27. The summed E-state index contributed by atoms with van der Waals surface area (Å²) in [6, 6.07) is 5.89. The molecule has 0 spiro atoms. The lowest BCUT2D eigenvalue weighted by Crippen LogP contribution is -2.04. The first-order valence-electron chi connectivity index (χ1n) is 5.92. The highest BCUT2D eigenvalue weighted by atomic mass is 35.5. The molecule has 1 aromatic heterocycles. The summed E-state index contributed by atoms with van der Waals surface area (Å²) in [5, 5.41) is 3.30. The molecule has 7 heteroatoms. The summed E-state index contributed by atoms with van der Waals surface area (Å²) in [5.41, 5.74) is 0.145. The number of hydrogen-bond donors (Lipinski definition) is 1. The summed E-state index contributed by atoms with van der Waals surface area (Å²) >= 11 is 11.8. The number of nitrogens with one attached hydrogen (secondary N) is 1. The van der Waals surface area contributed by atoms with Gasteiger partial charge in [-0.25, -0.2) is 14.4 Å². The largest absolute Gasteiger partial charge is 0.374 e. The van der Waals surface area contributed by atoms with Gasteiger partial charge < -0.3 is 10.1 Å². The second-order valence-electron chi connectivity index (χ2n) is 3.85. The number of para-hydroxylation sites is 1. The Kier molecular flexibility index (Phi) is 5.11. The van der Waals surface area contributed by atoms with Gasteiger partial charge in [0.05, 0.1) is 10.7 Å². The molecular formula is C13H12Cl2FN3O. The molecule has 0 saturated heterocycles. The van der Waals surface area contributed by atoms with E-state index in [0.29, 0.717) is 18.2 Å². The van der Waals surface area contributed by atoms with Gasteiger partial charge in [-0.2, -0.15) is 0 Å². The minimum atomic E-state index is -0.474. The van der Waals surface area contributed by atoms with Crippen LogP contribution < -0.4 is 5.32 Å². The van der Waals surface area contributed by atoms with Crippen LogP contribution in [0.1, 0.15) is 12.7 Å². The van der Waals surface area contributed by atoms with Crippen LogP contribution in [0.2, 0.25) is 10.2 Å². The van der Waals surface area contributed by atoms with E-state index in [9.17, 15) is 4.39 Å². The van der Waals surface area contributed by atoms with Crippen molar-refractivity contribution in [1.82, 2.24) is 9.97 Å². The average Bonchev–Trinajstić information content (AvgIpc) is 2.40. The molecule has 1 heterocycles. The fourth-order valence-electron chi connectivity index (χ4n) is 1.53. The summed E-state index contributed by atoms with van der Waals surface area (Å²) in [5.74, 6) is 0.291. The van der Waals surface area contributed by atoms with Crippen LogP contribution in [0.4, 0.5) is 15.9 Å². The topological polar surface area (TPSA) is 47.0 Å². The SMILES string of the molecule is CCOCc1nc(Cl)cc(Nc2c(F)cccc2Cl)n1. The molecule has 0 aliphatic heterocycles. The average molecular weight is 316 g/mol. The Morgan fingerprint density at radius 1 is 1.30 bits per heavy atom. The van der Waals surface area contributed by atoms with Crippen molar-refractivity contribution >= 4 is 34.7 Å². The van der Waals surface area contributed by atoms with Crippen molar-refractivity contribution < 1.29 is 9.13 Å². The van der Waals surface area contributed by atoms with Crippen LogP contribution in [-0.2, 0) is 11.3 Å². The van der Waals surface area contributed by atoms with E-state index in [-0.39, 0.29) is 22.5 Å². The summed E-state index contributed by atoms with van der Waals surface area (Å²) < 4.78 is 18.9. The molecule has 106 valence electrons. The van der Waals surface area contributed by atoms with Crippen molar-refractivity contribution in [1.29, 1.82) is 0 Å². The lowest BCUT2D eigenvalue weighted by Gasteiger charge is -2.10. The van der Waals surface area contributed by atoms with Crippen molar-refractivity contribution in [2.24, 2.45) is 0 Å². The zero-order valence-corrected chi connectivity index (χ0v) is 12.2.